The molecule has 0 aromatic rings. The quantitative estimate of drug-likeness (QED) is 0.132. The molecule has 5 heteroatoms. The summed E-state index contributed by atoms with van der Waals surface area (Å²) in [5.74, 6) is 20.2. The summed E-state index contributed by atoms with van der Waals surface area (Å²) in [5, 5.41) is 3.44. The molecular formula is C37H56OS4. The van der Waals surface area contributed by atoms with Crippen LogP contribution >= 0.6 is 48.8 Å². The largest absolute Gasteiger partial charge is 0.381 e. The fraction of sp³-hybridized carbons (Fsp3) is 1.00. The Balaban J connectivity index is 0.602. The van der Waals surface area contributed by atoms with E-state index in [2.05, 4.69) is 23.5 Å². The zero-order valence-electron chi connectivity index (χ0n) is 25.7. The van der Waals surface area contributed by atoms with Crippen LogP contribution in [0.5, 0.6) is 0 Å². The van der Waals surface area contributed by atoms with E-state index in [9.17, 15) is 0 Å². The number of hydrogen-bond acceptors (Lipinski definition) is 5. The lowest BCUT2D eigenvalue weighted by atomic mass is 9.64. The van der Waals surface area contributed by atoms with E-state index < -0.39 is 0 Å². The van der Waals surface area contributed by atoms with Gasteiger partial charge in [-0.3, -0.25) is 0 Å². The zero-order chi connectivity index (χ0) is 27.7. The molecule has 10 aliphatic rings. The summed E-state index contributed by atoms with van der Waals surface area (Å²) in [5.41, 5.74) is 0. The summed E-state index contributed by atoms with van der Waals surface area (Å²) >= 11 is 14.7. The molecule has 10 saturated carbocycles. The molecule has 0 N–H and O–H groups in total. The normalized spacial score (nSPS) is 60.1. The summed E-state index contributed by atoms with van der Waals surface area (Å²) in [4.78, 5) is 0. The minimum atomic E-state index is 0.727. The molecule has 234 valence electrons. The van der Waals surface area contributed by atoms with Crippen LogP contribution in [0.2, 0.25) is 0 Å². The first-order valence-corrected chi connectivity index (χ1v) is 21.9. The predicted octanol–water partition coefficient (Wildman–Crippen LogP) is 8.87. The van der Waals surface area contributed by atoms with Gasteiger partial charge in [-0.2, -0.15) is 48.8 Å². The molecule has 0 radical (unpaired) electrons. The molecule has 0 aliphatic heterocycles. The van der Waals surface area contributed by atoms with Gasteiger partial charge in [0.1, 0.15) is 0 Å². The van der Waals surface area contributed by atoms with Crippen LogP contribution in [0.1, 0.15) is 83.5 Å². The van der Waals surface area contributed by atoms with Gasteiger partial charge in [0.05, 0.1) is 0 Å². The fourth-order valence-electron chi connectivity index (χ4n) is 15.9. The standard InChI is InChI=1S/C37H56OS4/c39-20-12-22-23(13-20)28-16-26(22)35-19-9-31(37(28)35)33(11-19)42-7-3-5-38-4-1-2-6-41-21-14-24-25(15-21)29-17-27(24)34-18-8-30(36(29)34)32(40)10-18/h18-37,39-40H,1-17H2. The summed E-state index contributed by atoms with van der Waals surface area (Å²) in [6.45, 7) is 2.00. The first-order chi connectivity index (χ1) is 20.6. The van der Waals surface area contributed by atoms with Crippen LogP contribution in [-0.2, 0) is 4.74 Å². The second kappa shape index (κ2) is 10.9. The average molecular weight is 645 g/mol. The van der Waals surface area contributed by atoms with Gasteiger partial charge in [-0.1, -0.05) is 0 Å². The Labute approximate surface area is 275 Å². The third-order valence-corrected chi connectivity index (χ3v) is 20.4. The van der Waals surface area contributed by atoms with Crippen LogP contribution in [0, 0.1) is 94.7 Å². The lowest BCUT2D eigenvalue weighted by Crippen LogP contribution is -2.39. The predicted molar refractivity (Wildman–Crippen MR) is 185 cm³/mol. The number of thioether (sulfide) groups is 2. The van der Waals surface area contributed by atoms with Gasteiger partial charge in [0.2, 0.25) is 0 Å². The van der Waals surface area contributed by atoms with E-state index in [1.165, 1.54) is 50.0 Å². The van der Waals surface area contributed by atoms with Crippen molar-refractivity contribution < 1.29 is 4.74 Å². The Hall–Kier alpha value is 1.36. The van der Waals surface area contributed by atoms with Crippen molar-refractivity contribution >= 4 is 48.8 Å². The third-order valence-electron chi connectivity index (χ3n) is 16.5. The summed E-state index contributed by atoms with van der Waals surface area (Å²) in [6, 6.07) is 0. The molecule has 10 rings (SSSR count). The van der Waals surface area contributed by atoms with Crippen LogP contribution in [0.15, 0.2) is 0 Å². The lowest BCUT2D eigenvalue weighted by molar-refractivity contribution is 0.0741. The highest BCUT2D eigenvalue weighted by Crippen LogP contribution is 2.75. The first-order valence-electron chi connectivity index (χ1n) is 18.8. The molecule has 0 aromatic heterocycles. The molecule has 42 heavy (non-hydrogen) atoms. The maximum atomic E-state index is 6.14. The Morgan fingerprint density at radius 3 is 1.83 bits per heavy atom. The van der Waals surface area contributed by atoms with Crippen molar-refractivity contribution in [1.29, 1.82) is 0 Å². The Kier molecular flexibility index (Phi) is 7.40. The monoisotopic (exact) mass is 644 g/mol. The summed E-state index contributed by atoms with van der Waals surface area (Å²) in [6.07, 6.45) is 19.3. The van der Waals surface area contributed by atoms with E-state index >= 15 is 0 Å². The van der Waals surface area contributed by atoms with Gasteiger partial charge in [-0.15, -0.1) is 0 Å². The van der Waals surface area contributed by atoms with Crippen molar-refractivity contribution in [3.63, 3.8) is 0 Å². The topological polar surface area (TPSA) is 9.23 Å². The molecule has 0 heterocycles. The number of ether oxygens (including phenoxy) is 1. The van der Waals surface area contributed by atoms with Gasteiger partial charge in [0.25, 0.3) is 0 Å². The molecule has 20 unspecified atom stereocenters. The van der Waals surface area contributed by atoms with Crippen LogP contribution in [-0.4, -0.2) is 45.7 Å². The Morgan fingerprint density at radius 1 is 0.476 bits per heavy atom. The number of rotatable bonds is 11. The minimum Gasteiger partial charge on any atom is -0.381 e. The average Bonchev–Trinajstić information content (AvgIpc) is 3.80. The number of thiol groups is 2. The minimum absolute atomic E-state index is 0.727. The van der Waals surface area contributed by atoms with Crippen LogP contribution in [0.4, 0.5) is 0 Å². The van der Waals surface area contributed by atoms with Gasteiger partial charge in [-0.25, -0.2) is 0 Å². The second-order valence-electron chi connectivity index (χ2n) is 17.6. The highest BCUT2D eigenvalue weighted by Gasteiger charge is 2.69. The Morgan fingerprint density at radius 2 is 1.07 bits per heavy atom. The molecule has 0 amide bonds. The maximum absolute atomic E-state index is 6.14. The van der Waals surface area contributed by atoms with E-state index in [1.807, 2.05) is 0 Å². The summed E-state index contributed by atoms with van der Waals surface area (Å²) < 4.78 is 6.14. The molecule has 0 saturated heterocycles. The van der Waals surface area contributed by atoms with Gasteiger partial charge >= 0.3 is 0 Å². The molecule has 0 aromatic carbocycles. The first kappa shape index (κ1) is 28.4. The maximum Gasteiger partial charge on any atom is 0.0473 e. The van der Waals surface area contributed by atoms with E-state index in [0.717, 1.165) is 129 Å². The molecule has 1 nitrogen and oxygen atoms in total. The molecular weight excluding hydrogens is 589 g/mol. The molecule has 8 bridgehead atoms. The van der Waals surface area contributed by atoms with Gasteiger partial charge in [0.15, 0.2) is 0 Å². The zero-order valence-corrected chi connectivity index (χ0v) is 29.1. The second-order valence-corrected chi connectivity index (χ2v) is 21.8. The van der Waals surface area contributed by atoms with Crippen molar-refractivity contribution in [2.24, 2.45) is 94.7 Å². The highest BCUT2D eigenvalue weighted by atomic mass is 32.2. The SMILES string of the molecule is SC1CC2C(C1)C1CC2C2C3CC(SCCCOCCCCSC4CC5C(C4)C4CC5C5C6CC(S)C(C6)C45)C(C3)C12. The van der Waals surface area contributed by atoms with E-state index in [-0.39, 0.29) is 0 Å². The van der Waals surface area contributed by atoms with Crippen molar-refractivity contribution in [2.45, 2.75) is 104 Å². The summed E-state index contributed by atoms with van der Waals surface area (Å²) in [7, 11) is 0. The van der Waals surface area contributed by atoms with E-state index in [0.29, 0.717) is 0 Å². The molecule has 10 fully saturated rings. The van der Waals surface area contributed by atoms with Gasteiger partial charge < -0.3 is 4.74 Å². The van der Waals surface area contributed by atoms with E-state index in [1.54, 1.807) is 44.9 Å². The number of unbranched alkanes of at least 4 members (excludes halogenated alkanes) is 1. The fourth-order valence-corrected chi connectivity index (χ4v) is 19.9. The van der Waals surface area contributed by atoms with Crippen molar-refractivity contribution in [1.82, 2.24) is 0 Å². The molecule has 20 atom stereocenters. The van der Waals surface area contributed by atoms with Crippen molar-refractivity contribution in [3.8, 4) is 0 Å². The van der Waals surface area contributed by atoms with Crippen LogP contribution in [0.3, 0.4) is 0 Å². The third kappa shape index (κ3) is 4.22. The molecule has 10 aliphatic carbocycles. The smallest absolute Gasteiger partial charge is 0.0473 e. The van der Waals surface area contributed by atoms with Gasteiger partial charge in [0, 0.05) is 34.2 Å². The van der Waals surface area contributed by atoms with Crippen molar-refractivity contribution in [3.05, 3.63) is 0 Å². The number of fused-ring (bicyclic) bond motifs is 24. The van der Waals surface area contributed by atoms with Crippen LogP contribution < -0.4 is 0 Å². The lowest BCUT2D eigenvalue weighted by Gasteiger charge is -2.43. The molecule has 0 spiro atoms. The number of hydrogen-bond donors (Lipinski definition) is 2. The van der Waals surface area contributed by atoms with Crippen molar-refractivity contribution in [2.75, 3.05) is 24.7 Å². The highest BCUT2D eigenvalue weighted by molar-refractivity contribution is 8.00. The van der Waals surface area contributed by atoms with E-state index in [4.69, 9.17) is 30.0 Å². The Bertz CT molecular complexity index is 1040. The van der Waals surface area contributed by atoms with Gasteiger partial charge in [-0.05, 0) is 190 Å². The van der Waals surface area contributed by atoms with Crippen LogP contribution in [0.25, 0.3) is 0 Å².